The number of aromatic hydroxyl groups is 1. The lowest BCUT2D eigenvalue weighted by Crippen LogP contribution is -2.12. The van der Waals surface area contributed by atoms with Gasteiger partial charge in [-0.3, -0.25) is 0 Å². The standard InChI is InChI=1S/C12H10BrNO3S.ClH/c13-8-5-6(12(16)17)4-7(11(8)15)10(14)9-2-1-3-18-9;/h1-5,10,15H,14H2,(H,16,17);1H/t10-;/m1./s1. The van der Waals surface area contributed by atoms with Gasteiger partial charge in [0.15, 0.2) is 0 Å². The fourth-order valence-electron chi connectivity index (χ4n) is 1.60. The first-order chi connectivity index (χ1) is 8.50. The number of hydrogen-bond donors (Lipinski definition) is 3. The Labute approximate surface area is 128 Å². The van der Waals surface area contributed by atoms with Crippen LogP contribution in [0.2, 0.25) is 0 Å². The molecule has 4 N–H and O–H groups in total. The summed E-state index contributed by atoms with van der Waals surface area (Å²) in [5.41, 5.74) is 6.51. The van der Waals surface area contributed by atoms with Gasteiger partial charge in [-0.05, 0) is 39.5 Å². The highest BCUT2D eigenvalue weighted by molar-refractivity contribution is 9.10. The van der Waals surface area contributed by atoms with Crippen molar-refractivity contribution in [1.29, 1.82) is 0 Å². The van der Waals surface area contributed by atoms with E-state index in [4.69, 9.17) is 10.8 Å². The van der Waals surface area contributed by atoms with Gasteiger partial charge in [-0.15, -0.1) is 23.7 Å². The maximum atomic E-state index is 11.0. The van der Waals surface area contributed by atoms with Crippen LogP contribution in [0.25, 0.3) is 0 Å². The lowest BCUT2D eigenvalue weighted by Gasteiger charge is -2.14. The molecule has 0 aliphatic heterocycles. The lowest BCUT2D eigenvalue weighted by atomic mass is 10.0. The fraction of sp³-hybridized carbons (Fsp3) is 0.0833. The van der Waals surface area contributed by atoms with Crippen LogP contribution in [0.5, 0.6) is 5.75 Å². The lowest BCUT2D eigenvalue weighted by molar-refractivity contribution is 0.0696. The van der Waals surface area contributed by atoms with Crippen LogP contribution in [-0.2, 0) is 0 Å². The molecule has 7 heteroatoms. The Morgan fingerprint density at radius 2 is 2.11 bits per heavy atom. The quantitative estimate of drug-likeness (QED) is 0.779. The van der Waals surface area contributed by atoms with Gasteiger partial charge in [-0.1, -0.05) is 6.07 Å². The fourth-order valence-corrected chi connectivity index (χ4v) is 2.82. The van der Waals surface area contributed by atoms with Gasteiger partial charge in [0.2, 0.25) is 0 Å². The minimum atomic E-state index is -1.06. The summed E-state index contributed by atoms with van der Waals surface area (Å²) >= 11 is 4.59. The minimum Gasteiger partial charge on any atom is -0.506 e. The third-order valence-electron chi connectivity index (χ3n) is 2.52. The number of nitrogens with two attached hydrogens (primary N) is 1. The number of carboxylic acid groups (broad SMARTS) is 1. The van der Waals surface area contributed by atoms with Gasteiger partial charge in [0, 0.05) is 10.4 Å². The second kappa shape index (κ2) is 6.38. The molecule has 0 amide bonds. The maximum Gasteiger partial charge on any atom is 0.335 e. The predicted octanol–water partition coefficient (Wildman–Crippen LogP) is 3.38. The Morgan fingerprint density at radius 3 is 2.63 bits per heavy atom. The third kappa shape index (κ3) is 3.27. The van der Waals surface area contributed by atoms with E-state index in [9.17, 15) is 9.90 Å². The van der Waals surface area contributed by atoms with Crippen molar-refractivity contribution in [3.05, 3.63) is 50.1 Å². The topological polar surface area (TPSA) is 83.6 Å². The molecule has 0 unspecified atom stereocenters. The number of carbonyl (C=O) groups is 1. The van der Waals surface area contributed by atoms with Gasteiger partial charge in [0.05, 0.1) is 16.1 Å². The molecular weight excluding hydrogens is 354 g/mol. The number of rotatable bonds is 3. The molecule has 0 spiro atoms. The van der Waals surface area contributed by atoms with Crippen LogP contribution in [-0.4, -0.2) is 16.2 Å². The van der Waals surface area contributed by atoms with Gasteiger partial charge in [0.25, 0.3) is 0 Å². The Morgan fingerprint density at radius 1 is 1.42 bits per heavy atom. The number of carboxylic acids is 1. The smallest absolute Gasteiger partial charge is 0.335 e. The molecule has 1 atom stereocenters. The first kappa shape index (κ1) is 16.0. The van der Waals surface area contributed by atoms with Crippen molar-refractivity contribution in [2.45, 2.75) is 6.04 Å². The molecule has 1 aromatic heterocycles. The molecule has 0 saturated carbocycles. The number of phenolic OH excluding ortho intramolecular Hbond substituents is 1. The van der Waals surface area contributed by atoms with Crippen LogP contribution in [0.4, 0.5) is 0 Å². The second-order valence-electron chi connectivity index (χ2n) is 3.69. The monoisotopic (exact) mass is 363 g/mol. The molecule has 19 heavy (non-hydrogen) atoms. The summed E-state index contributed by atoms with van der Waals surface area (Å²) in [5.74, 6) is -1.09. The first-order valence-electron chi connectivity index (χ1n) is 5.05. The van der Waals surface area contributed by atoms with E-state index in [1.165, 1.54) is 23.5 Å². The van der Waals surface area contributed by atoms with Gasteiger partial charge < -0.3 is 15.9 Å². The van der Waals surface area contributed by atoms with Crippen LogP contribution in [0.3, 0.4) is 0 Å². The van der Waals surface area contributed by atoms with E-state index in [0.717, 1.165) is 4.88 Å². The van der Waals surface area contributed by atoms with Gasteiger partial charge in [-0.2, -0.15) is 0 Å². The summed E-state index contributed by atoms with van der Waals surface area (Å²) in [7, 11) is 0. The van der Waals surface area contributed by atoms with Crippen molar-refractivity contribution in [2.75, 3.05) is 0 Å². The highest BCUT2D eigenvalue weighted by Gasteiger charge is 2.19. The van der Waals surface area contributed by atoms with E-state index in [1.54, 1.807) is 0 Å². The summed E-state index contributed by atoms with van der Waals surface area (Å²) in [4.78, 5) is 11.8. The summed E-state index contributed by atoms with van der Waals surface area (Å²) < 4.78 is 0.324. The molecule has 0 fully saturated rings. The molecule has 0 aliphatic carbocycles. The van der Waals surface area contributed by atoms with E-state index < -0.39 is 12.0 Å². The molecule has 0 aliphatic rings. The SMILES string of the molecule is Cl.N[C@@H](c1cccs1)c1cc(C(=O)O)cc(Br)c1O. The molecule has 1 heterocycles. The molecule has 2 aromatic rings. The first-order valence-corrected chi connectivity index (χ1v) is 6.72. The predicted molar refractivity (Wildman–Crippen MR) is 80.4 cm³/mol. The summed E-state index contributed by atoms with van der Waals surface area (Å²) in [6.07, 6.45) is 0. The zero-order valence-electron chi connectivity index (χ0n) is 9.54. The Balaban J connectivity index is 0.00000180. The summed E-state index contributed by atoms with van der Waals surface area (Å²) in [6, 6.07) is 5.90. The number of halogens is 2. The van der Waals surface area contributed by atoms with Crippen LogP contribution in [0.15, 0.2) is 34.1 Å². The zero-order valence-corrected chi connectivity index (χ0v) is 12.8. The van der Waals surface area contributed by atoms with E-state index in [0.29, 0.717) is 10.0 Å². The number of thiophene rings is 1. The summed E-state index contributed by atoms with van der Waals surface area (Å²) in [5, 5.41) is 20.8. The van der Waals surface area contributed by atoms with Crippen LogP contribution in [0, 0.1) is 0 Å². The zero-order chi connectivity index (χ0) is 13.3. The van der Waals surface area contributed by atoms with Gasteiger partial charge in [-0.25, -0.2) is 4.79 Å². The summed E-state index contributed by atoms with van der Waals surface area (Å²) in [6.45, 7) is 0. The Hall–Kier alpha value is -1.08. The maximum absolute atomic E-state index is 11.0. The van der Waals surface area contributed by atoms with E-state index in [1.807, 2.05) is 17.5 Å². The van der Waals surface area contributed by atoms with E-state index in [-0.39, 0.29) is 23.7 Å². The van der Waals surface area contributed by atoms with E-state index >= 15 is 0 Å². The number of hydrogen-bond acceptors (Lipinski definition) is 4. The number of aromatic carboxylic acids is 1. The average Bonchev–Trinajstić information content (AvgIpc) is 2.85. The number of phenols is 1. The molecule has 2 rings (SSSR count). The molecule has 0 bridgehead atoms. The van der Waals surface area contributed by atoms with Crippen LogP contribution < -0.4 is 5.73 Å². The molecular formula is C12H11BrClNO3S. The average molecular weight is 365 g/mol. The van der Waals surface area contributed by atoms with Crippen molar-refractivity contribution in [2.24, 2.45) is 5.73 Å². The van der Waals surface area contributed by atoms with Crippen molar-refractivity contribution < 1.29 is 15.0 Å². The van der Waals surface area contributed by atoms with Crippen LogP contribution >= 0.6 is 39.7 Å². The third-order valence-corrected chi connectivity index (χ3v) is 4.08. The Kier molecular flexibility index (Phi) is 5.37. The van der Waals surface area contributed by atoms with Crippen molar-refractivity contribution >= 4 is 45.6 Å². The van der Waals surface area contributed by atoms with Crippen molar-refractivity contribution in [3.63, 3.8) is 0 Å². The number of benzene rings is 1. The van der Waals surface area contributed by atoms with Crippen molar-refractivity contribution in [1.82, 2.24) is 0 Å². The minimum absolute atomic E-state index is 0. The molecule has 4 nitrogen and oxygen atoms in total. The normalized spacial score (nSPS) is 11.7. The molecule has 1 aromatic carbocycles. The highest BCUT2D eigenvalue weighted by Crippen LogP contribution is 2.36. The van der Waals surface area contributed by atoms with E-state index in [2.05, 4.69) is 15.9 Å². The molecule has 102 valence electrons. The molecule has 0 radical (unpaired) electrons. The Bertz CT molecular complexity index is 589. The van der Waals surface area contributed by atoms with Crippen molar-refractivity contribution in [3.8, 4) is 5.75 Å². The second-order valence-corrected chi connectivity index (χ2v) is 5.53. The largest absolute Gasteiger partial charge is 0.506 e. The van der Waals surface area contributed by atoms with Gasteiger partial charge >= 0.3 is 5.97 Å². The van der Waals surface area contributed by atoms with Crippen LogP contribution in [0.1, 0.15) is 26.8 Å². The molecule has 0 saturated heterocycles. The van der Waals surface area contributed by atoms with Gasteiger partial charge in [0.1, 0.15) is 5.75 Å². The highest BCUT2D eigenvalue weighted by atomic mass is 79.9.